The number of carbonyl (C=O) groups is 3. The van der Waals surface area contributed by atoms with Crippen molar-refractivity contribution >= 4 is 17.9 Å². The van der Waals surface area contributed by atoms with Crippen LogP contribution in [0.15, 0.2) is 12.2 Å². The summed E-state index contributed by atoms with van der Waals surface area (Å²) >= 11 is 0. The summed E-state index contributed by atoms with van der Waals surface area (Å²) in [6.07, 6.45) is -0.290. The highest BCUT2D eigenvalue weighted by atomic mass is 16.6. The summed E-state index contributed by atoms with van der Waals surface area (Å²) in [5, 5.41) is 17.4. The van der Waals surface area contributed by atoms with Gasteiger partial charge in [0.15, 0.2) is 0 Å². The topological polar surface area (TPSA) is 129 Å². The lowest BCUT2D eigenvalue weighted by atomic mass is 10.0. The highest BCUT2D eigenvalue weighted by molar-refractivity contribution is 5.86. The Hall–Kier alpha value is -1.97. The van der Waals surface area contributed by atoms with Crippen molar-refractivity contribution in [1.29, 1.82) is 0 Å². The first-order chi connectivity index (χ1) is 11.8. The van der Waals surface area contributed by atoms with Crippen LogP contribution >= 0.6 is 0 Å². The number of rotatable bonds is 16. The third-order valence-corrected chi connectivity index (χ3v) is 2.93. The Morgan fingerprint density at radius 3 is 1.80 bits per heavy atom. The number of carbonyl (C=O) groups excluding carboxylic acids is 1. The summed E-state index contributed by atoms with van der Waals surface area (Å²) in [5.41, 5.74) is 0.334. The second-order valence-electron chi connectivity index (χ2n) is 5.18. The molecular formula is C16H26O9. The van der Waals surface area contributed by atoms with Gasteiger partial charge in [0.05, 0.1) is 45.4 Å². The molecule has 0 aromatic heterocycles. The van der Waals surface area contributed by atoms with Crippen LogP contribution < -0.4 is 0 Å². The van der Waals surface area contributed by atoms with Gasteiger partial charge in [0, 0.05) is 12.2 Å². The van der Waals surface area contributed by atoms with Gasteiger partial charge in [-0.3, -0.25) is 9.59 Å². The van der Waals surface area contributed by atoms with Crippen LogP contribution in [0.2, 0.25) is 0 Å². The summed E-state index contributed by atoms with van der Waals surface area (Å²) in [6.45, 7) is 6.84. The molecule has 0 bridgehead atoms. The molecule has 0 saturated heterocycles. The average molecular weight is 362 g/mol. The fraction of sp³-hybridized carbons (Fsp3) is 0.688. The van der Waals surface area contributed by atoms with Gasteiger partial charge in [0.1, 0.15) is 6.61 Å². The SMILES string of the molecule is C=C(C)C(=O)OCCOCCOCCOCCC(CC(=O)O)C(=O)O. The van der Waals surface area contributed by atoms with Gasteiger partial charge in [-0.15, -0.1) is 0 Å². The Morgan fingerprint density at radius 2 is 1.36 bits per heavy atom. The standard InChI is InChI=1S/C16H26O9/c1-12(2)16(21)25-10-9-24-8-7-23-6-5-22-4-3-13(15(19)20)11-14(17)18/h13H,1,3-11H2,2H3,(H,17,18)(H,19,20). The van der Waals surface area contributed by atoms with E-state index in [0.29, 0.717) is 25.4 Å². The maximum absolute atomic E-state index is 11.1. The van der Waals surface area contributed by atoms with E-state index in [1.165, 1.54) is 0 Å². The highest BCUT2D eigenvalue weighted by Crippen LogP contribution is 2.09. The van der Waals surface area contributed by atoms with Gasteiger partial charge in [0.25, 0.3) is 0 Å². The predicted molar refractivity (Wildman–Crippen MR) is 86.2 cm³/mol. The van der Waals surface area contributed by atoms with Gasteiger partial charge < -0.3 is 29.2 Å². The van der Waals surface area contributed by atoms with E-state index in [4.69, 9.17) is 29.2 Å². The molecule has 9 nitrogen and oxygen atoms in total. The number of carboxylic acids is 2. The molecule has 0 aliphatic heterocycles. The van der Waals surface area contributed by atoms with Gasteiger partial charge in [0.2, 0.25) is 0 Å². The van der Waals surface area contributed by atoms with Crippen molar-refractivity contribution in [3.05, 3.63) is 12.2 Å². The second kappa shape index (κ2) is 14.4. The molecule has 0 radical (unpaired) electrons. The fourth-order valence-corrected chi connectivity index (χ4v) is 1.61. The highest BCUT2D eigenvalue weighted by Gasteiger charge is 2.20. The summed E-state index contributed by atoms with van der Waals surface area (Å²) < 4.78 is 20.5. The van der Waals surface area contributed by atoms with E-state index in [9.17, 15) is 14.4 Å². The molecule has 0 aliphatic rings. The van der Waals surface area contributed by atoms with Crippen molar-refractivity contribution in [3.63, 3.8) is 0 Å². The number of carboxylic acid groups (broad SMARTS) is 2. The van der Waals surface area contributed by atoms with E-state index in [1.807, 2.05) is 0 Å². The van der Waals surface area contributed by atoms with Gasteiger partial charge in [-0.2, -0.15) is 0 Å². The van der Waals surface area contributed by atoms with Crippen LogP contribution in [-0.4, -0.2) is 74.4 Å². The molecule has 0 aromatic carbocycles. The molecule has 0 aromatic rings. The quantitative estimate of drug-likeness (QED) is 0.232. The van der Waals surface area contributed by atoms with E-state index in [2.05, 4.69) is 6.58 Å². The molecule has 0 spiro atoms. The molecule has 25 heavy (non-hydrogen) atoms. The number of ether oxygens (including phenoxy) is 4. The predicted octanol–water partition coefficient (Wildman–Crippen LogP) is 0.721. The molecule has 9 heteroatoms. The van der Waals surface area contributed by atoms with Crippen molar-refractivity contribution in [2.45, 2.75) is 19.8 Å². The Kier molecular flexibility index (Phi) is 13.2. The third-order valence-electron chi connectivity index (χ3n) is 2.93. The van der Waals surface area contributed by atoms with Crippen LogP contribution in [0, 0.1) is 5.92 Å². The lowest BCUT2D eigenvalue weighted by molar-refractivity contribution is -0.149. The molecule has 0 amide bonds. The number of esters is 1. The smallest absolute Gasteiger partial charge is 0.333 e. The molecule has 0 saturated carbocycles. The van der Waals surface area contributed by atoms with Crippen molar-refractivity contribution in [2.75, 3.05) is 46.2 Å². The van der Waals surface area contributed by atoms with Gasteiger partial charge in [-0.25, -0.2) is 4.79 Å². The normalized spacial score (nSPS) is 11.7. The molecular weight excluding hydrogens is 336 g/mol. The Morgan fingerprint density at radius 1 is 0.880 bits per heavy atom. The van der Waals surface area contributed by atoms with Crippen LogP contribution in [0.5, 0.6) is 0 Å². The number of hydrogen-bond acceptors (Lipinski definition) is 7. The van der Waals surface area contributed by atoms with Crippen molar-refractivity contribution in [2.24, 2.45) is 5.92 Å². The molecule has 0 fully saturated rings. The number of hydrogen-bond donors (Lipinski definition) is 2. The zero-order valence-electron chi connectivity index (χ0n) is 14.4. The van der Waals surface area contributed by atoms with Crippen LogP contribution in [0.1, 0.15) is 19.8 Å². The van der Waals surface area contributed by atoms with E-state index in [-0.39, 0.29) is 32.8 Å². The summed E-state index contributed by atoms with van der Waals surface area (Å²) in [5.74, 6) is -3.70. The third kappa shape index (κ3) is 14.1. The van der Waals surface area contributed by atoms with Crippen LogP contribution in [0.25, 0.3) is 0 Å². The molecule has 0 aliphatic carbocycles. The Labute approximate surface area is 146 Å². The van der Waals surface area contributed by atoms with E-state index in [1.54, 1.807) is 6.92 Å². The largest absolute Gasteiger partial charge is 0.481 e. The maximum atomic E-state index is 11.1. The second-order valence-corrected chi connectivity index (χ2v) is 5.18. The first-order valence-corrected chi connectivity index (χ1v) is 7.85. The first-order valence-electron chi connectivity index (χ1n) is 7.85. The average Bonchev–Trinajstić information content (AvgIpc) is 2.53. The van der Waals surface area contributed by atoms with E-state index >= 15 is 0 Å². The van der Waals surface area contributed by atoms with Crippen molar-refractivity contribution in [1.82, 2.24) is 0 Å². The molecule has 144 valence electrons. The minimum atomic E-state index is -1.15. The van der Waals surface area contributed by atoms with Gasteiger partial charge in [-0.05, 0) is 13.3 Å². The Balaban J connectivity index is 3.41. The Bertz CT molecular complexity index is 433. The zero-order chi connectivity index (χ0) is 19.1. The zero-order valence-corrected chi connectivity index (χ0v) is 14.4. The molecule has 0 rings (SSSR count). The van der Waals surface area contributed by atoms with Crippen molar-refractivity contribution < 1.29 is 43.5 Å². The van der Waals surface area contributed by atoms with Crippen LogP contribution in [0.4, 0.5) is 0 Å². The fourth-order valence-electron chi connectivity index (χ4n) is 1.61. The monoisotopic (exact) mass is 362 g/mol. The lowest BCUT2D eigenvalue weighted by Crippen LogP contribution is -2.20. The van der Waals surface area contributed by atoms with Gasteiger partial charge in [-0.1, -0.05) is 6.58 Å². The minimum Gasteiger partial charge on any atom is -0.481 e. The van der Waals surface area contributed by atoms with Gasteiger partial charge >= 0.3 is 17.9 Å². The number of aliphatic carboxylic acids is 2. The minimum absolute atomic E-state index is 0.133. The van der Waals surface area contributed by atoms with Crippen LogP contribution in [-0.2, 0) is 33.3 Å². The summed E-state index contributed by atoms with van der Waals surface area (Å²) in [6, 6.07) is 0. The molecule has 0 heterocycles. The molecule has 1 unspecified atom stereocenters. The lowest BCUT2D eigenvalue weighted by Gasteiger charge is -2.10. The summed E-state index contributed by atoms with van der Waals surface area (Å²) in [4.78, 5) is 32.4. The first kappa shape index (κ1) is 23.0. The van der Waals surface area contributed by atoms with Crippen LogP contribution in [0.3, 0.4) is 0 Å². The van der Waals surface area contributed by atoms with E-state index in [0.717, 1.165) is 0 Å². The molecule has 2 N–H and O–H groups in total. The maximum Gasteiger partial charge on any atom is 0.333 e. The summed E-state index contributed by atoms with van der Waals surface area (Å²) in [7, 11) is 0. The van der Waals surface area contributed by atoms with Crippen molar-refractivity contribution in [3.8, 4) is 0 Å². The molecule has 1 atom stereocenters. The van der Waals surface area contributed by atoms with E-state index < -0.39 is 30.2 Å².